The topological polar surface area (TPSA) is 45.2 Å². The van der Waals surface area contributed by atoms with Crippen LogP contribution < -0.4 is 0 Å². The molecule has 0 aliphatic heterocycles. The fourth-order valence-corrected chi connectivity index (χ4v) is 1.99. The molecule has 2 rings (SSSR count). The zero-order valence-corrected chi connectivity index (χ0v) is 11.0. The second kappa shape index (κ2) is 4.45. The minimum atomic E-state index is -1.21. The molecule has 1 aromatic heterocycles. The highest BCUT2D eigenvalue weighted by molar-refractivity contribution is 7.85. The molecule has 0 radical (unpaired) electrons. The molecule has 0 saturated heterocycles. The predicted octanol–water partition coefficient (Wildman–Crippen LogP) is 3.05. The molecule has 0 saturated carbocycles. The molecule has 0 spiro atoms. The van der Waals surface area contributed by atoms with Crippen LogP contribution in [0.4, 0.5) is 0 Å². The number of benzene rings is 1. The number of aromatic nitrogens is 1. The van der Waals surface area contributed by atoms with Crippen molar-refractivity contribution in [1.82, 2.24) is 4.98 Å². The average molecular weight is 248 g/mol. The first-order chi connectivity index (χ1) is 7.98. The maximum atomic E-state index is 11.8. The van der Waals surface area contributed by atoms with Gasteiger partial charge in [-0.2, -0.15) is 4.40 Å². The second-order valence-corrected chi connectivity index (χ2v) is 6.82. The van der Waals surface area contributed by atoms with Crippen molar-refractivity contribution in [2.75, 3.05) is 0 Å². The number of hydrogen-bond donors (Lipinski definition) is 1. The van der Waals surface area contributed by atoms with Crippen LogP contribution in [-0.4, -0.2) is 20.2 Å². The van der Waals surface area contributed by atoms with Crippen LogP contribution in [0, 0.1) is 0 Å². The van der Waals surface area contributed by atoms with Gasteiger partial charge in [0.25, 0.3) is 0 Å². The number of rotatable bonds is 2. The standard InChI is InChI=1S/C13H16N2OS/c1-13(2,3)17(16)15-9-10-8-14-12-7-5-4-6-11(10)12/h4-9,14H,1-3H3/b15-9+/t17-/m0/s1. The van der Waals surface area contributed by atoms with E-state index in [9.17, 15) is 4.21 Å². The fourth-order valence-electron chi connectivity index (χ4n) is 1.46. The van der Waals surface area contributed by atoms with Gasteiger partial charge in [0.15, 0.2) is 0 Å². The Morgan fingerprint density at radius 3 is 2.71 bits per heavy atom. The summed E-state index contributed by atoms with van der Waals surface area (Å²) in [4.78, 5) is 3.16. The molecule has 0 unspecified atom stereocenters. The first-order valence-electron chi connectivity index (χ1n) is 5.50. The smallest absolute Gasteiger partial charge is 0.144 e. The molecule has 1 atom stereocenters. The third-order valence-electron chi connectivity index (χ3n) is 2.43. The van der Waals surface area contributed by atoms with Gasteiger partial charge >= 0.3 is 0 Å². The fraction of sp³-hybridized carbons (Fsp3) is 0.308. The number of para-hydroxylation sites is 1. The number of fused-ring (bicyclic) bond motifs is 1. The lowest BCUT2D eigenvalue weighted by Gasteiger charge is -2.12. The predicted molar refractivity (Wildman–Crippen MR) is 73.8 cm³/mol. The molecule has 0 aliphatic carbocycles. The van der Waals surface area contributed by atoms with Crippen LogP contribution >= 0.6 is 0 Å². The van der Waals surface area contributed by atoms with E-state index in [-0.39, 0.29) is 4.75 Å². The van der Waals surface area contributed by atoms with E-state index in [1.165, 1.54) is 0 Å². The normalized spacial score (nSPS) is 14.5. The number of aromatic amines is 1. The molecule has 17 heavy (non-hydrogen) atoms. The molecule has 90 valence electrons. The summed E-state index contributed by atoms with van der Waals surface area (Å²) in [6.45, 7) is 5.74. The van der Waals surface area contributed by atoms with Crippen molar-refractivity contribution >= 4 is 28.1 Å². The van der Waals surface area contributed by atoms with E-state index in [1.807, 2.05) is 51.2 Å². The van der Waals surface area contributed by atoms with Gasteiger partial charge in [-0.05, 0) is 26.8 Å². The molecule has 1 aromatic carbocycles. The molecule has 0 aliphatic rings. The summed E-state index contributed by atoms with van der Waals surface area (Å²) < 4.78 is 15.6. The summed E-state index contributed by atoms with van der Waals surface area (Å²) >= 11 is 0. The maximum absolute atomic E-state index is 11.8. The Bertz CT molecular complexity index is 578. The third kappa shape index (κ3) is 2.64. The summed E-state index contributed by atoms with van der Waals surface area (Å²) in [5.74, 6) is 0. The highest BCUT2D eigenvalue weighted by atomic mass is 32.2. The molecule has 0 bridgehead atoms. The Hall–Kier alpha value is -1.42. The minimum absolute atomic E-state index is 0.317. The Balaban J connectivity index is 2.31. The van der Waals surface area contributed by atoms with Crippen molar-refractivity contribution in [2.45, 2.75) is 25.5 Å². The van der Waals surface area contributed by atoms with Gasteiger partial charge in [-0.1, -0.05) is 18.2 Å². The van der Waals surface area contributed by atoms with Gasteiger partial charge in [-0.25, -0.2) is 4.21 Å². The highest BCUT2D eigenvalue weighted by Gasteiger charge is 2.18. The van der Waals surface area contributed by atoms with E-state index in [0.29, 0.717) is 0 Å². The molecule has 4 heteroatoms. The lowest BCUT2D eigenvalue weighted by molar-refractivity contribution is 0.651. The lowest BCUT2D eigenvalue weighted by Crippen LogP contribution is -2.19. The zero-order chi connectivity index (χ0) is 12.5. The van der Waals surface area contributed by atoms with Crippen molar-refractivity contribution in [1.29, 1.82) is 0 Å². The molecular formula is C13H16N2OS. The SMILES string of the molecule is CC(C)(C)[S@](=O)/N=C/c1c[nH]c2ccccc12. The summed E-state index contributed by atoms with van der Waals surface area (Å²) in [7, 11) is -1.21. The van der Waals surface area contributed by atoms with Crippen LogP contribution in [0.25, 0.3) is 10.9 Å². The van der Waals surface area contributed by atoms with Crippen molar-refractivity contribution < 1.29 is 4.21 Å². The van der Waals surface area contributed by atoms with Crippen molar-refractivity contribution in [3.63, 3.8) is 0 Å². The molecule has 3 nitrogen and oxygen atoms in total. The van der Waals surface area contributed by atoms with Crippen molar-refractivity contribution in [3.8, 4) is 0 Å². The Labute approximate surface area is 104 Å². The second-order valence-electron chi connectivity index (χ2n) is 4.89. The monoisotopic (exact) mass is 248 g/mol. The third-order valence-corrected chi connectivity index (χ3v) is 3.78. The van der Waals surface area contributed by atoms with Crippen LogP contribution in [0.1, 0.15) is 26.3 Å². The van der Waals surface area contributed by atoms with Gasteiger partial charge in [0, 0.05) is 28.9 Å². The van der Waals surface area contributed by atoms with Crippen LogP contribution in [0.2, 0.25) is 0 Å². The van der Waals surface area contributed by atoms with Crippen LogP contribution in [0.15, 0.2) is 34.9 Å². The molecular weight excluding hydrogens is 232 g/mol. The van der Waals surface area contributed by atoms with Gasteiger partial charge in [-0.15, -0.1) is 0 Å². The van der Waals surface area contributed by atoms with Gasteiger partial charge in [0.05, 0.1) is 4.75 Å². The number of nitrogens with one attached hydrogen (secondary N) is 1. The molecule has 2 aromatic rings. The van der Waals surface area contributed by atoms with Crippen LogP contribution in [-0.2, 0) is 11.0 Å². The molecule has 1 N–H and O–H groups in total. The average Bonchev–Trinajstić information content (AvgIpc) is 2.68. The van der Waals surface area contributed by atoms with E-state index < -0.39 is 11.0 Å². The summed E-state index contributed by atoms with van der Waals surface area (Å²) in [6, 6.07) is 7.99. The number of hydrogen-bond acceptors (Lipinski definition) is 1. The maximum Gasteiger partial charge on any atom is 0.144 e. The van der Waals surface area contributed by atoms with Gasteiger partial charge < -0.3 is 4.98 Å². The van der Waals surface area contributed by atoms with E-state index in [1.54, 1.807) is 6.21 Å². The number of nitrogens with zero attached hydrogens (tertiary/aromatic N) is 1. The van der Waals surface area contributed by atoms with Gasteiger partial charge in [0.2, 0.25) is 0 Å². The lowest BCUT2D eigenvalue weighted by atomic mass is 10.2. The molecule has 1 heterocycles. The van der Waals surface area contributed by atoms with Crippen molar-refractivity contribution in [2.24, 2.45) is 4.40 Å². The summed E-state index contributed by atoms with van der Waals surface area (Å²) in [5, 5.41) is 1.10. The summed E-state index contributed by atoms with van der Waals surface area (Å²) in [5.41, 5.74) is 2.04. The van der Waals surface area contributed by atoms with Crippen LogP contribution in [0.3, 0.4) is 0 Å². The van der Waals surface area contributed by atoms with E-state index in [0.717, 1.165) is 16.5 Å². The van der Waals surface area contributed by atoms with E-state index in [2.05, 4.69) is 9.38 Å². The number of H-pyrrole nitrogens is 1. The highest BCUT2D eigenvalue weighted by Crippen LogP contribution is 2.17. The Morgan fingerprint density at radius 2 is 2.00 bits per heavy atom. The zero-order valence-electron chi connectivity index (χ0n) is 10.2. The summed E-state index contributed by atoms with van der Waals surface area (Å²) in [6.07, 6.45) is 3.56. The van der Waals surface area contributed by atoms with Crippen LogP contribution in [0.5, 0.6) is 0 Å². The largest absolute Gasteiger partial charge is 0.361 e. The first kappa shape index (κ1) is 12.0. The first-order valence-corrected chi connectivity index (χ1v) is 6.61. The van der Waals surface area contributed by atoms with E-state index >= 15 is 0 Å². The van der Waals surface area contributed by atoms with Gasteiger partial charge in [-0.3, -0.25) is 0 Å². The van der Waals surface area contributed by atoms with Gasteiger partial charge in [0.1, 0.15) is 11.0 Å². The van der Waals surface area contributed by atoms with Crippen molar-refractivity contribution in [3.05, 3.63) is 36.0 Å². The minimum Gasteiger partial charge on any atom is -0.361 e. The Morgan fingerprint density at radius 1 is 1.29 bits per heavy atom. The van der Waals surface area contributed by atoms with E-state index in [4.69, 9.17) is 0 Å². The molecule has 0 fully saturated rings. The Kier molecular flexibility index (Phi) is 3.15. The quantitative estimate of drug-likeness (QED) is 0.816. The molecule has 0 amide bonds.